The van der Waals surface area contributed by atoms with Crippen molar-refractivity contribution in [2.45, 2.75) is 0 Å². The molecular weight excluding hydrogens is 366 g/mol. The smallest absolute Gasteiger partial charge is 0.337 e. The molecule has 3 rings (SSSR count). The van der Waals surface area contributed by atoms with Crippen molar-refractivity contribution in [2.75, 3.05) is 17.7 Å². The third-order valence-electron chi connectivity index (χ3n) is 3.67. The van der Waals surface area contributed by atoms with Crippen molar-refractivity contribution in [3.8, 4) is 0 Å². The fourth-order valence-electron chi connectivity index (χ4n) is 2.37. The third kappa shape index (κ3) is 4.83. The number of aromatic nitrogens is 1. The first kappa shape index (κ1) is 18.4. The van der Waals surface area contributed by atoms with Gasteiger partial charge in [0.2, 0.25) is 0 Å². The predicted octanol–water partition coefficient (Wildman–Crippen LogP) is 4.52. The molecular formula is C20H16ClN3O3. The molecule has 27 heavy (non-hydrogen) atoms. The van der Waals surface area contributed by atoms with Gasteiger partial charge in [0.25, 0.3) is 5.91 Å². The van der Waals surface area contributed by atoms with E-state index in [9.17, 15) is 9.59 Å². The summed E-state index contributed by atoms with van der Waals surface area (Å²) in [6.07, 6.45) is 1.54. The first-order valence-electron chi connectivity index (χ1n) is 8.03. The van der Waals surface area contributed by atoms with E-state index in [0.29, 0.717) is 22.0 Å². The summed E-state index contributed by atoms with van der Waals surface area (Å²) in [4.78, 5) is 28.2. The van der Waals surface area contributed by atoms with Crippen LogP contribution in [0.5, 0.6) is 0 Å². The predicted molar refractivity (Wildman–Crippen MR) is 105 cm³/mol. The van der Waals surface area contributed by atoms with Crippen LogP contribution in [0.25, 0.3) is 0 Å². The van der Waals surface area contributed by atoms with E-state index in [0.717, 1.165) is 5.69 Å². The van der Waals surface area contributed by atoms with Gasteiger partial charge in [-0.05, 0) is 54.6 Å². The van der Waals surface area contributed by atoms with E-state index in [1.54, 1.807) is 48.5 Å². The third-order valence-corrected chi connectivity index (χ3v) is 3.92. The second-order valence-electron chi connectivity index (χ2n) is 5.59. The van der Waals surface area contributed by atoms with Crippen LogP contribution in [0.2, 0.25) is 5.02 Å². The lowest BCUT2D eigenvalue weighted by Crippen LogP contribution is -2.14. The van der Waals surface area contributed by atoms with E-state index in [2.05, 4.69) is 20.4 Å². The summed E-state index contributed by atoms with van der Waals surface area (Å²) in [5.74, 6) is -0.866. The van der Waals surface area contributed by atoms with Gasteiger partial charge in [0.1, 0.15) is 5.69 Å². The van der Waals surface area contributed by atoms with Crippen LogP contribution in [-0.2, 0) is 4.74 Å². The summed E-state index contributed by atoms with van der Waals surface area (Å²) >= 11 is 5.88. The molecule has 2 aromatic carbocycles. The minimum absolute atomic E-state index is 0.234. The Morgan fingerprint density at radius 3 is 2.48 bits per heavy atom. The van der Waals surface area contributed by atoms with E-state index in [4.69, 9.17) is 11.6 Å². The number of methoxy groups -OCH3 is 1. The normalized spacial score (nSPS) is 10.1. The Morgan fingerprint density at radius 2 is 1.74 bits per heavy atom. The minimum Gasteiger partial charge on any atom is -0.465 e. The van der Waals surface area contributed by atoms with Crippen LogP contribution in [0.4, 0.5) is 17.1 Å². The van der Waals surface area contributed by atoms with Crippen molar-refractivity contribution >= 4 is 40.5 Å². The monoisotopic (exact) mass is 381 g/mol. The molecule has 7 heteroatoms. The maximum atomic E-state index is 12.5. The molecule has 1 amide bonds. The quantitative estimate of drug-likeness (QED) is 0.635. The van der Waals surface area contributed by atoms with Gasteiger partial charge in [-0.15, -0.1) is 0 Å². The number of rotatable bonds is 5. The zero-order chi connectivity index (χ0) is 19.2. The minimum atomic E-state index is -0.474. The summed E-state index contributed by atoms with van der Waals surface area (Å²) in [6, 6.07) is 17.1. The Kier molecular flexibility index (Phi) is 5.68. The molecule has 0 aliphatic heterocycles. The average molecular weight is 382 g/mol. The maximum Gasteiger partial charge on any atom is 0.337 e. The summed E-state index contributed by atoms with van der Waals surface area (Å²) in [5.41, 5.74) is 2.60. The van der Waals surface area contributed by atoms with E-state index in [-0.39, 0.29) is 5.69 Å². The van der Waals surface area contributed by atoms with Gasteiger partial charge in [-0.2, -0.15) is 0 Å². The Balaban J connectivity index is 1.73. The Labute approximate surface area is 161 Å². The van der Waals surface area contributed by atoms with Crippen molar-refractivity contribution < 1.29 is 14.3 Å². The van der Waals surface area contributed by atoms with Gasteiger partial charge in [-0.25, -0.2) is 4.79 Å². The van der Waals surface area contributed by atoms with E-state index >= 15 is 0 Å². The van der Waals surface area contributed by atoms with Crippen LogP contribution in [0.1, 0.15) is 20.8 Å². The number of pyridine rings is 1. The molecule has 0 bridgehead atoms. The number of amides is 1. The average Bonchev–Trinajstić information content (AvgIpc) is 2.69. The van der Waals surface area contributed by atoms with Crippen LogP contribution in [0.3, 0.4) is 0 Å². The SMILES string of the molecule is COC(=O)c1cccc(NC(=O)c2cc(Nc3ccc(Cl)cc3)ccn2)c1. The van der Waals surface area contributed by atoms with Crippen molar-refractivity contribution in [2.24, 2.45) is 0 Å². The number of carbonyl (C=O) groups excluding carboxylic acids is 2. The molecule has 3 aromatic rings. The Bertz CT molecular complexity index is 974. The van der Waals surface area contributed by atoms with Crippen molar-refractivity contribution in [3.05, 3.63) is 83.1 Å². The molecule has 6 nitrogen and oxygen atoms in total. The number of anilines is 3. The van der Waals surface area contributed by atoms with Gasteiger partial charge in [0.15, 0.2) is 0 Å². The van der Waals surface area contributed by atoms with Gasteiger partial charge >= 0.3 is 5.97 Å². The molecule has 0 spiro atoms. The van der Waals surface area contributed by atoms with Crippen LogP contribution in [-0.4, -0.2) is 24.0 Å². The molecule has 0 saturated carbocycles. The van der Waals surface area contributed by atoms with Gasteiger partial charge in [-0.3, -0.25) is 9.78 Å². The summed E-state index contributed by atoms with van der Waals surface area (Å²) in [6.45, 7) is 0. The van der Waals surface area contributed by atoms with Crippen molar-refractivity contribution in [3.63, 3.8) is 0 Å². The van der Waals surface area contributed by atoms with Crippen LogP contribution in [0, 0.1) is 0 Å². The number of nitrogens with one attached hydrogen (secondary N) is 2. The molecule has 0 aliphatic rings. The first-order valence-corrected chi connectivity index (χ1v) is 8.41. The number of nitrogens with zero attached hydrogens (tertiary/aromatic N) is 1. The number of esters is 1. The number of hydrogen-bond donors (Lipinski definition) is 2. The molecule has 1 aromatic heterocycles. The summed E-state index contributed by atoms with van der Waals surface area (Å²) < 4.78 is 4.68. The highest BCUT2D eigenvalue weighted by atomic mass is 35.5. The molecule has 0 atom stereocenters. The first-order chi connectivity index (χ1) is 13.0. The number of ether oxygens (including phenoxy) is 1. The van der Waals surface area contributed by atoms with Gasteiger partial charge in [0, 0.05) is 28.3 Å². The van der Waals surface area contributed by atoms with E-state index in [1.807, 2.05) is 12.1 Å². The Hall–Kier alpha value is -3.38. The molecule has 0 fully saturated rings. The standard InChI is InChI=1S/C20H16ClN3O3/c1-27-20(26)13-3-2-4-16(11-13)24-19(25)18-12-17(9-10-22-18)23-15-7-5-14(21)6-8-15/h2-12H,1H3,(H,22,23)(H,24,25). The zero-order valence-electron chi connectivity index (χ0n) is 14.4. The lowest BCUT2D eigenvalue weighted by Gasteiger charge is -2.09. The molecule has 0 radical (unpaired) electrons. The fourth-order valence-corrected chi connectivity index (χ4v) is 2.50. The highest BCUT2D eigenvalue weighted by molar-refractivity contribution is 6.30. The molecule has 0 aliphatic carbocycles. The van der Waals surface area contributed by atoms with Crippen molar-refractivity contribution in [1.29, 1.82) is 0 Å². The van der Waals surface area contributed by atoms with E-state index < -0.39 is 11.9 Å². The lowest BCUT2D eigenvalue weighted by molar-refractivity contribution is 0.0600. The fraction of sp³-hybridized carbons (Fsp3) is 0.0500. The van der Waals surface area contributed by atoms with Gasteiger partial charge < -0.3 is 15.4 Å². The lowest BCUT2D eigenvalue weighted by atomic mass is 10.2. The highest BCUT2D eigenvalue weighted by Gasteiger charge is 2.11. The van der Waals surface area contributed by atoms with Crippen LogP contribution in [0.15, 0.2) is 66.9 Å². The highest BCUT2D eigenvalue weighted by Crippen LogP contribution is 2.20. The van der Waals surface area contributed by atoms with Crippen LogP contribution >= 0.6 is 11.6 Å². The summed E-state index contributed by atoms with van der Waals surface area (Å²) in [5, 5.41) is 6.55. The molecule has 2 N–H and O–H groups in total. The molecule has 136 valence electrons. The number of hydrogen-bond acceptors (Lipinski definition) is 5. The number of carbonyl (C=O) groups is 2. The van der Waals surface area contributed by atoms with Crippen LogP contribution < -0.4 is 10.6 Å². The van der Waals surface area contributed by atoms with E-state index in [1.165, 1.54) is 13.3 Å². The zero-order valence-corrected chi connectivity index (χ0v) is 15.2. The number of benzene rings is 2. The Morgan fingerprint density at radius 1 is 0.963 bits per heavy atom. The maximum absolute atomic E-state index is 12.5. The van der Waals surface area contributed by atoms with Gasteiger partial charge in [0.05, 0.1) is 12.7 Å². The molecule has 0 saturated heterocycles. The second-order valence-corrected chi connectivity index (χ2v) is 6.02. The topological polar surface area (TPSA) is 80.3 Å². The van der Waals surface area contributed by atoms with Crippen molar-refractivity contribution in [1.82, 2.24) is 4.98 Å². The second kappa shape index (κ2) is 8.33. The largest absolute Gasteiger partial charge is 0.465 e. The number of halogens is 1. The van der Waals surface area contributed by atoms with Gasteiger partial charge in [-0.1, -0.05) is 17.7 Å². The summed E-state index contributed by atoms with van der Waals surface area (Å²) in [7, 11) is 1.30. The molecule has 1 heterocycles. The molecule has 0 unspecified atom stereocenters.